The highest BCUT2D eigenvalue weighted by Crippen LogP contribution is 2.39. The first-order valence-corrected chi connectivity index (χ1v) is 7.55. The van der Waals surface area contributed by atoms with Gasteiger partial charge in [0.25, 0.3) is 0 Å². The zero-order chi connectivity index (χ0) is 14.1. The lowest BCUT2D eigenvalue weighted by Gasteiger charge is -2.18. The maximum atomic E-state index is 5.86. The largest absolute Gasteiger partial charge is 0.496 e. The number of nitrogens with zero attached hydrogens (tertiary/aromatic N) is 1. The maximum Gasteiger partial charge on any atom is 0.124 e. The van der Waals surface area contributed by atoms with Gasteiger partial charge in [0, 0.05) is 29.1 Å². The Labute approximate surface area is 122 Å². The Bertz CT molecular complexity index is 598. The Morgan fingerprint density at radius 1 is 1.50 bits per heavy atom. The third-order valence-electron chi connectivity index (χ3n) is 3.55. The molecule has 0 fully saturated rings. The van der Waals surface area contributed by atoms with Crippen LogP contribution in [-0.4, -0.2) is 25.2 Å². The van der Waals surface area contributed by atoms with Gasteiger partial charge in [-0.15, -0.1) is 11.3 Å². The standard InChI is InChI=1S/C15H18N2O2S/c1-9-6-10-7-13(18-3)11(8-12(10)19-9)14(16-2)15-17-4-5-20-15/h4-5,7-9,14,16H,6H2,1-3H3. The lowest BCUT2D eigenvalue weighted by molar-refractivity contribution is 0.254. The monoisotopic (exact) mass is 290 g/mol. The summed E-state index contributed by atoms with van der Waals surface area (Å²) in [7, 11) is 3.64. The van der Waals surface area contributed by atoms with Crippen molar-refractivity contribution < 1.29 is 9.47 Å². The molecule has 1 aromatic heterocycles. The Hall–Kier alpha value is -1.59. The number of thiazole rings is 1. The van der Waals surface area contributed by atoms with E-state index in [9.17, 15) is 0 Å². The molecule has 0 amide bonds. The number of hydrogen-bond acceptors (Lipinski definition) is 5. The molecule has 106 valence electrons. The number of fused-ring (bicyclic) bond motifs is 1. The van der Waals surface area contributed by atoms with Crippen LogP contribution >= 0.6 is 11.3 Å². The molecule has 2 heterocycles. The van der Waals surface area contributed by atoms with Gasteiger partial charge >= 0.3 is 0 Å². The molecule has 2 unspecified atom stereocenters. The van der Waals surface area contributed by atoms with E-state index in [1.54, 1.807) is 18.4 Å². The SMILES string of the molecule is CNC(c1nccs1)c1cc2c(cc1OC)CC(C)O2. The fourth-order valence-electron chi connectivity index (χ4n) is 2.65. The summed E-state index contributed by atoms with van der Waals surface area (Å²) in [5.41, 5.74) is 2.28. The molecule has 1 aliphatic rings. The zero-order valence-corrected chi connectivity index (χ0v) is 12.7. The minimum absolute atomic E-state index is 0.0229. The quantitative estimate of drug-likeness (QED) is 0.940. The Balaban J connectivity index is 2.06. The van der Waals surface area contributed by atoms with Crippen molar-refractivity contribution in [2.75, 3.05) is 14.2 Å². The van der Waals surface area contributed by atoms with E-state index in [-0.39, 0.29) is 12.1 Å². The molecule has 2 atom stereocenters. The van der Waals surface area contributed by atoms with E-state index >= 15 is 0 Å². The fraction of sp³-hybridized carbons (Fsp3) is 0.400. The molecular weight excluding hydrogens is 272 g/mol. The van der Waals surface area contributed by atoms with E-state index in [2.05, 4.69) is 29.4 Å². The third-order valence-corrected chi connectivity index (χ3v) is 4.39. The van der Waals surface area contributed by atoms with Gasteiger partial charge in [0.05, 0.1) is 13.2 Å². The molecule has 3 rings (SSSR count). The van der Waals surface area contributed by atoms with Crippen LogP contribution in [0.15, 0.2) is 23.7 Å². The minimum atomic E-state index is 0.0229. The van der Waals surface area contributed by atoms with Gasteiger partial charge in [-0.25, -0.2) is 4.98 Å². The summed E-state index contributed by atoms with van der Waals surface area (Å²) in [6.07, 6.45) is 2.99. The molecule has 5 heteroatoms. The van der Waals surface area contributed by atoms with Gasteiger partial charge in [-0.3, -0.25) is 0 Å². The van der Waals surface area contributed by atoms with Gasteiger partial charge in [0.2, 0.25) is 0 Å². The van der Waals surface area contributed by atoms with Crippen LogP contribution in [0.5, 0.6) is 11.5 Å². The highest BCUT2D eigenvalue weighted by atomic mass is 32.1. The molecule has 1 aromatic carbocycles. The number of ether oxygens (including phenoxy) is 2. The van der Waals surface area contributed by atoms with Crippen molar-refractivity contribution in [2.45, 2.75) is 25.5 Å². The summed E-state index contributed by atoms with van der Waals surface area (Å²) in [5, 5.41) is 6.32. The lowest BCUT2D eigenvalue weighted by Crippen LogP contribution is -2.18. The van der Waals surface area contributed by atoms with Crippen molar-refractivity contribution in [3.8, 4) is 11.5 Å². The second-order valence-electron chi connectivity index (χ2n) is 4.93. The maximum absolute atomic E-state index is 5.86. The predicted molar refractivity (Wildman–Crippen MR) is 79.8 cm³/mol. The minimum Gasteiger partial charge on any atom is -0.496 e. The normalized spacial score (nSPS) is 18.4. The molecule has 4 nitrogen and oxygen atoms in total. The van der Waals surface area contributed by atoms with E-state index in [1.807, 2.05) is 18.6 Å². The van der Waals surface area contributed by atoms with Crippen molar-refractivity contribution in [3.63, 3.8) is 0 Å². The molecule has 0 aliphatic carbocycles. The summed E-state index contributed by atoms with van der Waals surface area (Å²) in [6.45, 7) is 2.09. The van der Waals surface area contributed by atoms with Gasteiger partial charge in [0.1, 0.15) is 22.6 Å². The number of hydrogen-bond donors (Lipinski definition) is 1. The number of nitrogens with one attached hydrogen (secondary N) is 1. The molecule has 0 spiro atoms. The first-order chi connectivity index (χ1) is 9.72. The molecule has 0 saturated carbocycles. The van der Waals surface area contributed by atoms with Crippen LogP contribution in [0, 0.1) is 0 Å². The molecule has 0 saturated heterocycles. The number of aromatic nitrogens is 1. The van der Waals surface area contributed by atoms with Crippen molar-refractivity contribution in [2.24, 2.45) is 0 Å². The number of methoxy groups -OCH3 is 1. The van der Waals surface area contributed by atoms with Crippen molar-refractivity contribution in [1.29, 1.82) is 0 Å². The molecule has 2 aromatic rings. The van der Waals surface area contributed by atoms with E-state index in [4.69, 9.17) is 9.47 Å². The summed E-state index contributed by atoms with van der Waals surface area (Å²) in [5.74, 6) is 1.85. The van der Waals surface area contributed by atoms with E-state index in [1.165, 1.54) is 5.56 Å². The molecule has 20 heavy (non-hydrogen) atoms. The van der Waals surface area contributed by atoms with Gasteiger partial charge in [0.15, 0.2) is 0 Å². The van der Waals surface area contributed by atoms with Crippen molar-refractivity contribution in [3.05, 3.63) is 39.8 Å². The summed E-state index contributed by atoms with van der Waals surface area (Å²) in [6, 6.07) is 4.20. The van der Waals surface area contributed by atoms with Gasteiger partial charge < -0.3 is 14.8 Å². The summed E-state index contributed by atoms with van der Waals surface area (Å²) < 4.78 is 11.4. The highest BCUT2D eigenvalue weighted by molar-refractivity contribution is 7.09. The zero-order valence-electron chi connectivity index (χ0n) is 11.8. The lowest BCUT2D eigenvalue weighted by atomic mass is 10.0. The van der Waals surface area contributed by atoms with E-state index < -0.39 is 0 Å². The second kappa shape index (κ2) is 5.42. The van der Waals surface area contributed by atoms with Crippen LogP contribution in [0.25, 0.3) is 0 Å². The third kappa shape index (κ3) is 2.27. The van der Waals surface area contributed by atoms with Gasteiger partial charge in [-0.05, 0) is 26.1 Å². The van der Waals surface area contributed by atoms with Crippen LogP contribution in [0.1, 0.15) is 29.1 Å². The Morgan fingerprint density at radius 3 is 3.00 bits per heavy atom. The molecule has 0 radical (unpaired) electrons. The summed E-state index contributed by atoms with van der Waals surface area (Å²) in [4.78, 5) is 4.41. The summed E-state index contributed by atoms with van der Waals surface area (Å²) >= 11 is 1.63. The van der Waals surface area contributed by atoms with Crippen LogP contribution in [-0.2, 0) is 6.42 Å². The Kier molecular flexibility index (Phi) is 3.63. The van der Waals surface area contributed by atoms with Gasteiger partial charge in [-0.1, -0.05) is 0 Å². The van der Waals surface area contributed by atoms with E-state index in [0.717, 1.165) is 28.5 Å². The number of benzene rings is 1. The van der Waals surface area contributed by atoms with Crippen molar-refractivity contribution in [1.82, 2.24) is 10.3 Å². The topological polar surface area (TPSA) is 43.4 Å². The molecular formula is C15H18N2O2S. The second-order valence-corrected chi connectivity index (χ2v) is 5.85. The predicted octanol–water partition coefficient (Wildman–Crippen LogP) is 2.78. The number of rotatable bonds is 4. The van der Waals surface area contributed by atoms with Crippen LogP contribution < -0.4 is 14.8 Å². The first kappa shape index (κ1) is 13.4. The van der Waals surface area contributed by atoms with Gasteiger partial charge in [-0.2, -0.15) is 0 Å². The molecule has 1 aliphatic heterocycles. The average Bonchev–Trinajstić information content (AvgIpc) is 3.07. The molecule has 1 N–H and O–H groups in total. The van der Waals surface area contributed by atoms with Crippen molar-refractivity contribution >= 4 is 11.3 Å². The smallest absolute Gasteiger partial charge is 0.124 e. The average molecular weight is 290 g/mol. The fourth-order valence-corrected chi connectivity index (χ4v) is 3.41. The van der Waals surface area contributed by atoms with Crippen LogP contribution in [0.2, 0.25) is 0 Å². The molecule has 0 bridgehead atoms. The first-order valence-electron chi connectivity index (χ1n) is 6.67. The Morgan fingerprint density at radius 2 is 2.35 bits per heavy atom. The van der Waals surface area contributed by atoms with Crippen LogP contribution in [0.3, 0.4) is 0 Å². The van der Waals surface area contributed by atoms with E-state index in [0.29, 0.717) is 0 Å². The highest BCUT2D eigenvalue weighted by Gasteiger charge is 2.26. The van der Waals surface area contributed by atoms with Crippen LogP contribution in [0.4, 0.5) is 0 Å².